The molecule has 3 rings (SSSR count). The van der Waals surface area contributed by atoms with Gasteiger partial charge in [-0.05, 0) is 38.1 Å². The minimum absolute atomic E-state index is 0.288. The van der Waals surface area contributed by atoms with Gasteiger partial charge in [-0.2, -0.15) is 5.10 Å². The van der Waals surface area contributed by atoms with Crippen molar-refractivity contribution in [1.82, 2.24) is 14.8 Å². The molecule has 0 aliphatic heterocycles. The number of ether oxygens (including phenoxy) is 2. The van der Waals surface area contributed by atoms with Crippen molar-refractivity contribution in [2.75, 3.05) is 13.7 Å². The van der Waals surface area contributed by atoms with E-state index < -0.39 is 5.97 Å². The number of benzene rings is 1. The van der Waals surface area contributed by atoms with Gasteiger partial charge in [0.25, 0.3) is 0 Å². The molecule has 22 heavy (non-hydrogen) atoms. The van der Waals surface area contributed by atoms with E-state index in [0.717, 1.165) is 21.7 Å². The van der Waals surface area contributed by atoms with Crippen LogP contribution in [-0.2, 0) is 4.74 Å². The lowest BCUT2D eigenvalue weighted by atomic mass is 10.3. The fourth-order valence-electron chi connectivity index (χ4n) is 2.08. The van der Waals surface area contributed by atoms with Crippen LogP contribution in [0.25, 0.3) is 15.3 Å². The summed E-state index contributed by atoms with van der Waals surface area (Å²) in [6.45, 7) is 3.97. The van der Waals surface area contributed by atoms with Crippen molar-refractivity contribution in [2.24, 2.45) is 0 Å². The smallest absolute Gasteiger partial charge is 0.358 e. The van der Waals surface area contributed by atoms with E-state index in [-0.39, 0.29) is 5.69 Å². The molecular formula is C15H15N3O3S. The minimum atomic E-state index is -0.424. The van der Waals surface area contributed by atoms with Gasteiger partial charge in [-0.15, -0.1) is 0 Å². The van der Waals surface area contributed by atoms with E-state index in [1.54, 1.807) is 24.8 Å². The first-order chi connectivity index (χ1) is 10.6. The summed E-state index contributed by atoms with van der Waals surface area (Å²) in [5, 5.41) is 5.00. The average molecular weight is 317 g/mol. The van der Waals surface area contributed by atoms with Crippen molar-refractivity contribution in [2.45, 2.75) is 13.8 Å². The van der Waals surface area contributed by atoms with Gasteiger partial charge in [0.05, 0.1) is 23.9 Å². The summed E-state index contributed by atoms with van der Waals surface area (Å²) in [7, 11) is 1.63. The molecule has 114 valence electrons. The molecule has 0 aliphatic rings. The van der Waals surface area contributed by atoms with Crippen molar-refractivity contribution in [3.05, 3.63) is 35.7 Å². The number of aryl methyl sites for hydroxylation is 1. The molecule has 0 saturated heterocycles. The molecule has 2 aromatic heterocycles. The summed E-state index contributed by atoms with van der Waals surface area (Å²) in [5.41, 5.74) is 1.98. The highest BCUT2D eigenvalue weighted by molar-refractivity contribution is 7.20. The van der Waals surface area contributed by atoms with E-state index in [2.05, 4.69) is 10.1 Å². The number of carbonyl (C=O) groups excluding carboxylic acids is 1. The summed E-state index contributed by atoms with van der Waals surface area (Å²) in [4.78, 5) is 16.3. The second kappa shape index (κ2) is 5.76. The molecule has 0 bridgehead atoms. The van der Waals surface area contributed by atoms with Crippen LogP contribution in [0, 0.1) is 6.92 Å². The SMILES string of the molecule is CCOC(=O)c1cc(C)n(-c2nc3ccc(OC)cc3s2)n1. The van der Waals surface area contributed by atoms with Crippen LogP contribution in [0.2, 0.25) is 0 Å². The van der Waals surface area contributed by atoms with Gasteiger partial charge >= 0.3 is 5.97 Å². The number of rotatable bonds is 4. The maximum absolute atomic E-state index is 11.8. The molecule has 0 aliphatic carbocycles. The number of methoxy groups -OCH3 is 1. The van der Waals surface area contributed by atoms with Crippen LogP contribution in [0.4, 0.5) is 0 Å². The third-order valence-corrected chi connectivity index (χ3v) is 4.13. The molecule has 0 spiro atoms. The topological polar surface area (TPSA) is 66.2 Å². The Balaban J connectivity index is 2.02. The highest BCUT2D eigenvalue weighted by atomic mass is 32.1. The van der Waals surface area contributed by atoms with Crippen LogP contribution in [0.15, 0.2) is 24.3 Å². The largest absolute Gasteiger partial charge is 0.497 e. The number of aromatic nitrogens is 3. The van der Waals surface area contributed by atoms with Crippen molar-refractivity contribution < 1.29 is 14.3 Å². The number of carbonyl (C=O) groups is 1. The van der Waals surface area contributed by atoms with Crippen LogP contribution in [0.3, 0.4) is 0 Å². The quantitative estimate of drug-likeness (QED) is 0.692. The first-order valence-corrected chi connectivity index (χ1v) is 7.62. The predicted octanol–water partition coefficient (Wildman–Crippen LogP) is 2.98. The summed E-state index contributed by atoms with van der Waals surface area (Å²) in [6, 6.07) is 7.40. The van der Waals surface area contributed by atoms with Gasteiger partial charge in [-0.1, -0.05) is 11.3 Å². The van der Waals surface area contributed by atoms with Gasteiger partial charge in [0.15, 0.2) is 5.69 Å². The van der Waals surface area contributed by atoms with Gasteiger partial charge in [0.1, 0.15) is 5.75 Å². The Bertz CT molecular complexity index is 838. The third kappa shape index (κ3) is 2.55. The van der Waals surface area contributed by atoms with Crippen molar-refractivity contribution in [1.29, 1.82) is 0 Å². The normalized spacial score (nSPS) is 10.9. The Morgan fingerprint density at radius 1 is 1.36 bits per heavy atom. The van der Waals surface area contributed by atoms with Crippen LogP contribution in [0.1, 0.15) is 23.1 Å². The molecule has 0 N–H and O–H groups in total. The van der Waals surface area contributed by atoms with Crippen LogP contribution in [0.5, 0.6) is 5.75 Å². The number of hydrogen-bond acceptors (Lipinski definition) is 6. The molecule has 1 aromatic carbocycles. The highest BCUT2D eigenvalue weighted by Crippen LogP contribution is 2.28. The standard InChI is InChI=1S/C15H15N3O3S/c1-4-21-14(19)12-7-9(2)18(17-12)15-16-11-6-5-10(20-3)8-13(11)22-15/h5-8H,4H2,1-3H3. The average Bonchev–Trinajstić information content (AvgIpc) is 3.09. The Kier molecular flexibility index (Phi) is 3.81. The zero-order valence-electron chi connectivity index (χ0n) is 12.5. The molecule has 3 aromatic rings. The molecule has 0 fully saturated rings. The second-order valence-electron chi connectivity index (χ2n) is 4.63. The van der Waals surface area contributed by atoms with Crippen LogP contribution < -0.4 is 4.74 Å². The molecule has 0 atom stereocenters. The predicted molar refractivity (Wildman–Crippen MR) is 84.0 cm³/mol. The van der Waals surface area contributed by atoms with Gasteiger partial charge in [-0.25, -0.2) is 14.5 Å². The van der Waals surface area contributed by atoms with Gasteiger partial charge in [0.2, 0.25) is 5.13 Å². The Labute approximate surface area is 131 Å². The number of esters is 1. The lowest BCUT2D eigenvalue weighted by molar-refractivity contribution is 0.0519. The number of fused-ring (bicyclic) bond motifs is 1. The maximum atomic E-state index is 11.8. The molecule has 0 amide bonds. The fraction of sp³-hybridized carbons (Fsp3) is 0.267. The van der Waals surface area contributed by atoms with Gasteiger partial charge < -0.3 is 9.47 Å². The molecule has 0 unspecified atom stereocenters. The lowest BCUT2D eigenvalue weighted by Crippen LogP contribution is -2.06. The lowest BCUT2D eigenvalue weighted by Gasteiger charge is -1.97. The van der Waals surface area contributed by atoms with E-state index >= 15 is 0 Å². The summed E-state index contributed by atoms with van der Waals surface area (Å²) < 4.78 is 12.8. The zero-order valence-corrected chi connectivity index (χ0v) is 13.3. The first-order valence-electron chi connectivity index (χ1n) is 6.81. The number of hydrogen-bond donors (Lipinski definition) is 0. The minimum Gasteiger partial charge on any atom is -0.497 e. The molecule has 2 heterocycles. The molecule has 0 saturated carbocycles. The Morgan fingerprint density at radius 2 is 2.18 bits per heavy atom. The molecule has 7 heteroatoms. The fourth-order valence-corrected chi connectivity index (χ4v) is 3.09. The zero-order chi connectivity index (χ0) is 15.7. The van der Waals surface area contributed by atoms with Gasteiger partial charge in [0, 0.05) is 5.69 Å². The summed E-state index contributed by atoms with van der Waals surface area (Å²) in [5.74, 6) is 0.360. The second-order valence-corrected chi connectivity index (χ2v) is 5.64. The molecular weight excluding hydrogens is 302 g/mol. The first kappa shape index (κ1) is 14.5. The van der Waals surface area contributed by atoms with Crippen LogP contribution in [-0.4, -0.2) is 34.5 Å². The van der Waals surface area contributed by atoms with Gasteiger partial charge in [-0.3, -0.25) is 0 Å². The van der Waals surface area contributed by atoms with Crippen molar-refractivity contribution >= 4 is 27.5 Å². The number of thiazole rings is 1. The van der Waals surface area contributed by atoms with Crippen molar-refractivity contribution in [3.63, 3.8) is 0 Å². The molecule has 0 radical (unpaired) electrons. The van der Waals surface area contributed by atoms with E-state index in [1.807, 2.05) is 25.1 Å². The Morgan fingerprint density at radius 3 is 2.91 bits per heavy atom. The van der Waals surface area contributed by atoms with E-state index in [0.29, 0.717) is 11.7 Å². The van der Waals surface area contributed by atoms with Crippen molar-refractivity contribution in [3.8, 4) is 10.9 Å². The maximum Gasteiger partial charge on any atom is 0.358 e. The Hall–Kier alpha value is -2.41. The number of nitrogens with zero attached hydrogens (tertiary/aromatic N) is 3. The van der Waals surface area contributed by atoms with E-state index in [9.17, 15) is 4.79 Å². The van der Waals surface area contributed by atoms with E-state index in [1.165, 1.54) is 11.3 Å². The summed E-state index contributed by atoms with van der Waals surface area (Å²) in [6.07, 6.45) is 0. The van der Waals surface area contributed by atoms with Crippen LogP contribution >= 0.6 is 11.3 Å². The third-order valence-electron chi connectivity index (χ3n) is 3.14. The monoisotopic (exact) mass is 317 g/mol. The summed E-state index contributed by atoms with van der Waals surface area (Å²) >= 11 is 1.49. The highest BCUT2D eigenvalue weighted by Gasteiger charge is 2.16. The molecule has 6 nitrogen and oxygen atoms in total. The van der Waals surface area contributed by atoms with E-state index in [4.69, 9.17) is 9.47 Å².